The number of benzene rings is 3. The molecule has 1 aliphatic heterocycles. The number of nitrogens with one attached hydrogen (secondary N) is 2. The number of H-pyrrole nitrogens is 1. The van der Waals surface area contributed by atoms with E-state index < -0.39 is 0 Å². The molecule has 8 rings (SSSR count). The lowest BCUT2D eigenvalue weighted by molar-refractivity contribution is 0.180. The van der Waals surface area contributed by atoms with Crippen LogP contribution in [-0.2, 0) is 24.2 Å². The first kappa shape index (κ1) is 33.9. The molecule has 14 heteroatoms. The number of ether oxygens (including phenoxy) is 1. The van der Waals surface area contributed by atoms with E-state index in [0.717, 1.165) is 54.2 Å². The number of aromatic nitrogens is 7. The highest BCUT2D eigenvalue weighted by molar-refractivity contribution is 5.83. The summed E-state index contributed by atoms with van der Waals surface area (Å²) in [5.41, 5.74) is 4.23. The van der Waals surface area contributed by atoms with Crippen LogP contribution in [-0.4, -0.2) is 79.3 Å². The van der Waals surface area contributed by atoms with E-state index in [0.29, 0.717) is 59.9 Å². The maximum absolute atomic E-state index is 15.0. The number of hydrogen-bond acceptors (Lipinski definition) is 10. The fraction of sp³-hybridized carbons (Fsp3) is 0.231. The van der Waals surface area contributed by atoms with Crippen LogP contribution in [0.15, 0.2) is 107 Å². The zero-order valence-corrected chi connectivity index (χ0v) is 29.1. The smallest absolute Gasteiger partial charge is 0.278 e. The van der Waals surface area contributed by atoms with Crippen molar-refractivity contribution >= 4 is 39.1 Å². The van der Waals surface area contributed by atoms with Crippen LogP contribution >= 0.6 is 0 Å². The third-order valence-corrected chi connectivity index (χ3v) is 9.56. The van der Waals surface area contributed by atoms with E-state index in [-0.39, 0.29) is 16.9 Å². The molecule has 5 heterocycles. The summed E-state index contributed by atoms with van der Waals surface area (Å²) < 4.78 is 23.5. The summed E-state index contributed by atoms with van der Waals surface area (Å²) in [6, 6.07) is 26.2. The SMILES string of the molecule is COCCn1c(=O)c2cnc(Nc3ccc(N4CCN(Cc5cc(Cc6n[nH]c(=O)c7ccccc67)ccc5F)CC4)cc3)nc2n1-c1ccccn1. The van der Waals surface area contributed by atoms with Gasteiger partial charge in [-0.15, -0.1) is 0 Å². The number of rotatable bonds is 11. The predicted octanol–water partition coefficient (Wildman–Crippen LogP) is 4.66. The summed E-state index contributed by atoms with van der Waals surface area (Å²) in [6.07, 6.45) is 3.70. The lowest BCUT2D eigenvalue weighted by Gasteiger charge is -2.36. The highest BCUT2D eigenvalue weighted by atomic mass is 19.1. The molecule has 268 valence electrons. The van der Waals surface area contributed by atoms with Gasteiger partial charge in [-0.05, 0) is 54.1 Å². The van der Waals surface area contributed by atoms with Gasteiger partial charge in [-0.3, -0.25) is 14.5 Å². The number of anilines is 3. The summed E-state index contributed by atoms with van der Waals surface area (Å²) in [5.74, 6) is 0.690. The normalized spacial score (nSPS) is 13.6. The summed E-state index contributed by atoms with van der Waals surface area (Å²) in [7, 11) is 1.59. The van der Waals surface area contributed by atoms with Crippen LogP contribution in [0.1, 0.15) is 16.8 Å². The van der Waals surface area contributed by atoms with Gasteiger partial charge in [-0.2, -0.15) is 10.1 Å². The maximum Gasteiger partial charge on any atom is 0.278 e. The van der Waals surface area contributed by atoms with Crippen molar-refractivity contribution in [3.63, 3.8) is 0 Å². The van der Waals surface area contributed by atoms with Gasteiger partial charge in [0.05, 0.1) is 24.2 Å². The van der Waals surface area contributed by atoms with Gasteiger partial charge in [0, 0.05) is 81.0 Å². The fourth-order valence-corrected chi connectivity index (χ4v) is 6.83. The molecule has 53 heavy (non-hydrogen) atoms. The van der Waals surface area contributed by atoms with Gasteiger partial charge in [0.25, 0.3) is 11.1 Å². The Bertz CT molecular complexity index is 2510. The topological polar surface area (TPSA) is 139 Å². The van der Waals surface area contributed by atoms with Crippen LogP contribution in [0.4, 0.5) is 21.7 Å². The third-order valence-electron chi connectivity index (χ3n) is 9.56. The van der Waals surface area contributed by atoms with E-state index in [4.69, 9.17) is 9.72 Å². The largest absolute Gasteiger partial charge is 0.383 e. The fourth-order valence-electron chi connectivity index (χ4n) is 6.83. The van der Waals surface area contributed by atoms with Crippen LogP contribution in [0.25, 0.3) is 27.6 Å². The first-order valence-corrected chi connectivity index (χ1v) is 17.4. The molecule has 0 saturated carbocycles. The molecule has 4 aromatic heterocycles. The molecule has 0 bridgehead atoms. The van der Waals surface area contributed by atoms with E-state index >= 15 is 4.39 Å². The molecule has 0 aliphatic carbocycles. The van der Waals surface area contributed by atoms with Crippen molar-refractivity contribution in [1.82, 2.24) is 39.4 Å². The highest BCUT2D eigenvalue weighted by Gasteiger charge is 2.21. The number of hydrogen-bond donors (Lipinski definition) is 2. The number of pyridine rings is 1. The average molecular weight is 713 g/mol. The van der Waals surface area contributed by atoms with Gasteiger partial charge >= 0.3 is 0 Å². The van der Waals surface area contributed by atoms with Crippen LogP contribution < -0.4 is 21.3 Å². The molecular formula is C39H37FN10O3. The number of nitrogens with zero attached hydrogens (tertiary/aromatic N) is 8. The Labute approximate surface area is 303 Å². The second-order valence-corrected chi connectivity index (χ2v) is 12.9. The average Bonchev–Trinajstić information content (AvgIpc) is 3.47. The highest BCUT2D eigenvalue weighted by Crippen LogP contribution is 2.24. The Morgan fingerprint density at radius 3 is 2.45 bits per heavy atom. The second-order valence-electron chi connectivity index (χ2n) is 12.9. The maximum atomic E-state index is 15.0. The van der Waals surface area contributed by atoms with E-state index in [1.807, 2.05) is 54.6 Å². The third kappa shape index (κ3) is 7.01. The number of fused-ring (bicyclic) bond motifs is 2. The van der Waals surface area contributed by atoms with Crippen molar-refractivity contribution < 1.29 is 9.13 Å². The second kappa shape index (κ2) is 14.8. The molecule has 7 aromatic rings. The molecule has 13 nitrogen and oxygen atoms in total. The van der Waals surface area contributed by atoms with Crippen LogP contribution in [0.3, 0.4) is 0 Å². The Morgan fingerprint density at radius 2 is 1.68 bits per heavy atom. The molecule has 0 unspecified atom stereocenters. The van der Waals surface area contributed by atoms with Crippen LogP contribution in [0.2, 0.25) is 0 Å². The Morgan fingerprint density at radius 1 is 0.887 bits per heavy atom. The van der Waals surface area contributed by atoms with Crippen molar-refractivity contribution in [2.75, 3.05) is 50.1 Å². The minimum atomic E-state index is -0.231. The molecule has 2 N–H and O–H groups in total. The van der Waals surface area contributed by atoms with Gasteiger partial charge in [-0.25, -0.2) is 28.8 Å². The molecule has 1 saturated heterocycles. The van der Waals surface area contributed by atoms with Gasteiger partial charge < -0.3 is 15.0 Å². The molecule has 1 aliphatic rings. The molecule has 0 atom stereocenters. The van der Waals surface area contributed by atoms with Crippen molar-refractivity contribution in [2.24, 2.45) is 0 Å². The number of piperazine rings is 1. The molecular weight excluding hydrogens is 675 g/mol. The quantitative estimate of drug-likeness (QED) is 0.195. The standard InChI is InChI=1S/C39H37FN10O3/c1-53-21-20-49-38(52)32-24-42-39(44-36(32)50(49)35-8-4-5-15-41-35)43-28-10-12-29(13-11-28)48-18-16-47(17-19-48)25-27-22-26(9-14-33(27)40)23-34-30-6-2-3-7-31(30)37(51)46-45-34/h2-15,22,24H,16-21,23,25H2,1H3,(H,46,51)(H,42,43,44). The van der Waals surface area contributed by atoms with Crippen LogP contribution in [0, 0.1) is 5.82 Å². The van der Waals surface area contributed by atoms with E-state index in [9.17, 15) is 9.59 Å². The minimum Gasteiger partial charge on any atom is -0.383 e. The van der Waals surface area contributed by atoms with E-state index in [1.165, 1.54) is 12.3 Å². The van der Waals surface area contributed by atoms with Gasteiger partial charge in [-0.1, -0.05) is 36.4 Å². The number of halogens is 1. The molecule has 0 radical (unpaired) electrons. The molecule has 0 amide bonds. The van der Waals surface area contributed by atoms with E-state index in [1.54, 1.807) is 34.8 Å². The lowest BCUT2D eigenvalue weighted by Crippen LogP contribution is -2.46. The summed E-state index contributed by atoms with van der Waals surface area (Å²) in [6.45, 7) is 4.35. The van der Waals surface area contributed by atoms with Crippen molar-refractivity contribution in [1.29, 1.82) is 0 Å². The zero-order chi connectivity index (χ0) is 36.3. The monoisotopic (exact) mass is 712 g/mol. The van der Waals surface area contributed by atoms with Gasteiger partial charge in [0.2, 0.25) is 5.95 Å². The Balaban J connectivity index is 0.916. The Hall–Kier alpha value is -6.25. The molecule has 0 spiro atoms. The summed E-state index contributed by atoms with van der Waals surface area (Å²) >= 11 is 0. The van der Waals surface area contributed by atoms with Gasteiger partial charge in [0.1, 0.15) is 11.2 Å². The molecule has 1 fully saturated rings. The lowest BCUT2D eigenvalue weighted by atomic mass is 10.0. The van der Waals surface area contributed by atoms with Crippen molar-refractivity contribution in [3.8, 4) is 5.82 Å². The first-order chi connectivity index (χ1) is 25.9. The van der Waals surface area contributed by atoms with Crippen molar-refractivity contribution in [3.05, 3.63) is 141 Å². The van der Waals surface area contributed by atoms with Gasteiger partial charge in [0.15, 0.2) is 11.5 Å². The zero-order valence-electron chi connectivity index (χ0n) is 29.1. The molecule has 3 aromatic carbocycles. The summed E-state index contributed by atoms with van der Waals surface area (Å²) in [5, 5.41) is 11.9. The minimum absolute atomic E-state index is 0.216. The Kier molecular flexibility index (Phi) is 9.44. The summed E-state index contributed by atoms with van der Waals surface area (Å²) in [4.78, 5) is 43.7. The van der Waals surface area contributed by atoms with E-state index in [2.05, 4.69) is 47.4 Å². The number of aromatic amines is 1. The first-order valence-electron chi connectivity index (χ1n) is 17.4. The number of methoxy groups -OCH3 is 1. The predicted molar refractivity (Wildman–Crippen MR) is 202 cm³/mol. The van der Waals surface area contributed by atoms with Crippen LogP contribution in [0.5, 0.6) is 0 Å². The van der Waals surface area contributed by atoms with Crippen molar-refractivity contribution in [2.45, 2.75) is 19.5 Å².